The Hall–Kier alpha value is -4.22. The Kier molecular flexibility index (Phi) is 11.0. The second-order valence-corrected chi connectivity index (χ2v) is 13.0. The van der Waals surface area contributed by atoms with Crippen molar-refractivity contribution in [1.29, 1.82) is 0 Å². The Labute approximate surface area is 296 Å². The van der Waals surface area contributed by atoms with Gasteiger partial charge in [-0.15, -0.1) is 0 Å². The van der Waals surface area contributed by atoms with E-state index in [0.717, 1.165) is 59.3 Å². The van der Waals surface area contributed by atoms with Crippen molar-refractivity contribution >= 4 is 35.1 Å². The van der Waals surface area contributed by atoms with E-state index in [9.17, 15) is 9.59 Å². The van der Waals surface area contributed by atoms with Crippen molar-refractivity contribution < 1.29 is 23.8 Å². The molecule has 0 aliphatic carbocycles. The summed E-state index contributed by atoms with van der Waals surface area (Å²) in [6.45, 7) is 4.63. The second kappa shape index (κ2) is 15.6. The number of methoxy groups -OCH3 is 2. The van der Waals surface area contributed by atoms with Crippen molar-refractivity contribution in [1.82, 2.24) is 25.5 Å². The van der Waals surface area contributed by atoms with Crippen LogP contribution < -0.4 is 20.1 Å². The van der Waals surface area contributed by atoms with Crippen LogP contribution in [0.25, 0.3) is 33.6 Å². The number of hydrogen-bond acceptors (Lipinski definition) is 9. The number of amides is 1. The number of nitrogens with zero attached hydrogens (tertiary/aromatic N) is 3. The Balaban J connectivity index is 1.21. The topological polar surface area (TPSA) is 115 Å². The van der Waals surface area contributed by atoms with Crippen LogP contribution in [0.15, 0.2) is 60.8 Å². The summed E-state index contributed by atoms with van der Waals surface area (Å²) < 4.78 is 16.5. The molecular formula is C37H39Cl2N5O5. The summed E-state index contributed by atoms with van der Waals surface area (Å²) in [5.74, 6) is 1.13. The predicted molar refractivity (Wildman–Crippen MR) is 190 cm³/mol. The van der Waals surface area contributed by atoms with Gasteiger partial charge in [-0.05, 0) is 31.0 Å². The molecule has 2 aliphatic rings. The summed E-state index contributed by atoms with van der Waals surface area (Å²) in [4.78, 5) is 34.5. The molecular weight excluding hydrogens is 665 g/mol. The van der Waals surface area contributed by atoms with Gasteiger partial charge in [-0.1, -0.05) is 59.6 Å². The first-order chi connectivity index (χ1) is 23.7. The third-order valence-corrected chi connectivity index (χ3v) is 9.90. The minimum atomic E-state index is -0.191. The Morgan fingerprint density at radius 1 is 0.918 bits per heavy atom. The summed E-state index contributed by atoms with van der Waals surface area (Å²) in [6, 6.07) is 17.7. The van der Waals surface area contributed by atoms with Crippen molar-refractivity contribution in [2.24, 2.45) is 0 Å². The highest BCUT2D eigenvalue weighted by molar-refractivity contribution is 6.39. The Bertz CT molecular complexity index is 1850. The molecule has 49 heavy (non-hydrogen) atoms. The third-order valence-electron chi connectivity index (χ3n) is 9.11. The maximum absolute atomic E-state index is 11.7. The van der Waals surface area contributed by atoms with Crippen molar-refractivity contribution in [3.8, 4) is 45.3 Å². The van der Waals surface area contributed by atoms with Gasteiger partial charge in [-0.2, -0.15) is 0 Å². The fourth-order valence-corrected chi connectivity index (χ4v) is 6.96. The monoisotopic (exact) mass is 703 g/mol. The highest BCUT2D eigenvalue weighted by atomic mass is 35.5. The molecule has 256 valence electrons. The standard InChI is InChI=1S/C37H39Cl2N5O5/c1-22(45)44-15-12-26(13-16-44)41-20-25-9-10-31(43-37(25)48-3)30-6-4-5-28(34(30)38)29-11-14-40-36(35(29)39)23-7-8-24(32(17-23)47-2)19-42-27-18-33(46)49-21-27/h4-11,14,17,26-27,41-42H,12-13,15-16,18-21H2,1-3H3/t27-/m0/s1. The zero-order chi connectivity index (χ0) is 34.5. The average Bonchev–Trinajstić information content (AvgIpc) is 3.55. The van der Waals surface area contributed by atoms with E-state index in [4.69, 9.17) is 42.4 Å². The van der Waals surface area contributed by atoms with Gasteiger partial charge in [-0.25, -0.2) is 4.98 Å². The minimum absolute atomic E-state index is 0.0231. The Morgan fingerprint density at radius 3 is 2.35 bits per heavy atom. The summed E-state index contributed by atoms with van der Waals surface area (Å²) in [5.41, 5.74) is 6.17. The quantitative estimate of drug-likeness (QED) is 0.174. The molecule has 2 aromatic heterocycles. The molecule has 0 unspecified atom stereocenters. The van der Waals surface area contributed by atoms with Crippen LogP contribution in [0.2, 0.25) is 10.0 Å². The van der Waals surface area contributed by atoms with Gasteiger partial charge in [0.2, 0.25) is 11.8 Å². The summed E-state index contributed by atoms with van der Waals surface area (Å²) in [6.07, 6.45) is 3.89. The number of ether oxygens (including phenoxy) is 3. The number of nitrogens with one attached hydrogen (secondary N) is 2. The molecule has 12 heteroatoms. The number of pyridine rings is 2. The van der Waals surface area contributed by atoms with E-state index in [1.54, 1.807) is 27.3 Å². The molecule has 10 nitrogen and oxygen atoms in total. The minimum Gasteiger partial charge on any atom is -0.496 e. The number of rotatable bonds is 11. The number of cyclic esters (lactones) is 1. The average molecular weight is 705 g/mol. The number of carbonyl (C=O) groups excluding carboxylic acids is 2. The first kappa shape index (κ1) is 34.6. The van der Waals surface area contributed by atoms with Crippen molar-refractivity contribution in [2.45, 2.75) is 51.4 Å². The van der Waals surface area contributed by atoms with E-state index in [-0.39, 0.29) is 17.9 Å². The number of piperidine rings is 1. The number of benzene rings is 2. The number of halogens is 2. The van der Waals surface area contributed by atoms with Crippen LogP contribution in [0.5, 0.6) is 11.6 Å². The maximum Gasteiger partial charge on any atom is 0.307 e. The fourth-order valence-electron chi connectivity index (χ4n) is 6.31. The van der Waals surface area contributed by atoms with Crippen molar-refractivity contribution in [2.75, 3.05) is 33.9 Å². The fraction of sp³-hybridized carbons (Fsp3) is 0.351. The Morgan fingerprint density at radius 2 is 1.63 bits per heavy atom. The number of aromatic nitrogens is 2. The summed E-state index contributed by atoms with van der Waals surface area (Å²) in [7, 11) is 3.23. The predicted octanol–water partition coefficient (Wildman–Crippen LogP) is 6.31. The van der Waals surface area contributed by atoms with Gasteiger partial charge in [0.05, 0.1) is 48.1 Å². The van der Waals surface area contributed by atoms with Crippen LogP contribution in [-0.4, -0.2) is 72.7 Å². The molecule has 0 spiro atoms. The van der Waals surface area contributed by atoms with E-state index in [1.807, 2.05) is 59.5 Å². The third kappa shape index (κ3) is 7.83. The van der Waals surface area contributed by atoms with Crippen molar-refractivity contribution in [3.05, 3.63) is 82.0 Å². The molecule has 0 saturated carbocycles. The van der Waals surface area contributed by atoms with Crippen LogP contribution in [-0.2, 0) is 27.4 Å². The van der Waals surface area contributed by atoms with Crippen LogP contribution in [0.4, 0.5) is 0 Å². The maximum atomic E-state index is 11.7. The first-order valence-corrected chi connectivity index (χ1v) is 17.0. The zero-order valence-corrected chi connectivity index (χ0v) is 29.2. The number of carbonyl (C=O) groups is 2. The van der Waals surface area contributed by atoms with E-state index >= 15 is 0 Å². The lowest BCUT2D eigenvalue weighted by Gasteiger charge is -2.31. The molecule has 4 aromatic rings. The number of likely N-dealkylation sites (tertiary alicyclic amines) is 1. The molecule has 2 fully saturated rings. The van der Waals surface area contributed by atoms with Crippen LogP contribution in [0, 0.1) is 0 Å². The van der Waals surface area contributed by atoms with Crippen LogP contribution in [0.1, 0.15) is 37.3 Å². The smallest absolute Gasteiger partial charge is 0.307 e. The summed E-state index contributed by atoms with van der Waals surface area (Å²) in [5, 5.41) is 7.91. The molecule has 2 aromatic carbocycles. The van der Waals surface area contributed by atoms with Gasteiger partial charge >= 0.3 is 5.97 Å². The van der Waals surface area contributed by atoms with E-state index in [0.29, 0.717) is 65.2 Å². The van der Waals surface area contributed by atoms with Gasteiger partial charge in [0.25, 0.3) is 0 Å². The van der Waals surface area contributed by atoms with E-state index in [2.05, 4.69) is 15.6 Å². The van der Waals surface area contributed by atoms with Gasteiger partial charge < -0.3 is 29.7 Å². The van der Waals surface area contributed by atoms with E-state index in [1.165, 1.54) is 0 Å². The highest BCUT2D eigenvalue weighted by Crippen LogP contribution is 2.42. The van der Waals surface area contributed by atoms with Crippen LogP contribution in [0.3, 0.4) is 0 Å². The highest BCUT2D eigenvalue weighted by Gasteiger charge is 2.24. The summed E-state index contributed by atoms with van der Waals surface area (Å²) >= 11 is 14.1. The zero-order valence-electron chi connectivity index (χ0n) is 27.7. The van der Waals surface area contributed by atoms with Gasteiger partial charge in [0.1, 0.15) is 12.4 Å². The SMILES string of the molecule is COc1cc(-c2nccc(-c3cccc(-c4ccc(CNC5CCN(C(C)=O)CC5)c(OC)n4)c3Cl)c2Cl)ccc1CN[C@@H]1COC(=O)C1. The van der Waals surface area contributed by atoms with Gasteiger partial charge in [-0.3, -0.25) is 14.6 Å². The second-order valence-electron chi connectivity index (χ2n) is 12.2. The normalized spacial score (nSPS) is 16.5. The molecule has 1 amide bonds. The van der Waals surface area contributed by atoms with Gasteiger partial charge in [0.15, 0.2) is 0 Å². The van der Waals surface area contributed by atoms with Gasteiger partial charge in [0, 0.05) is 78.7 Å². The number of hydrogen-bond donors (Lipinski definition) is 2. The molecule has 0 bridgehead atoms. The molecule has 1 atom stereocenters. The molecule has 2 N–H and O–H groups in total. The number of esters is 1. The molecule has 2 aliphatic heterocycles. The molecule has 2 saturated heterocycles. The van der Waals surface area contributed by atoms with E-state index < -0.39 is 0 Å². The lowest BCUT2D eigenvalue weighted by Crippen LogP contribution is -2.44. The first-order valence-electron chi connectivity index (χ1n) is 16.3. The largest absolute Gasteiger partial charge is 0.496 e. The lowest BCUT2D eigenvalue weighted by atomic mass is 9.99. The van der Waals surface area contributed by atoms with Crippen LogP contribution >= 0.6 is 23.2 Å². The van der Waals surface area contributed by atoms with Crippen molar-refractivity contribution in [3.63, 3.8) is 0 Å². The lowest BCUT2D eigenvalue weighted by molar-refractivity contribution is -0.138. The molecule has 4 heterocycles. The molecule has 0 radical (unpaired) electrons. The molecule has 6 rings (SSSR count).